The minimum absolute atomic E-state index is 0.0536. The van der Waals surface area contributed by atoms with Crippen molar-refractivity contribution in [1.82, 2.24) is 0 Å². The molecule has 0 bridgehead atoms. The fourth-order valence-corrected chi connectivity index (χ4v) is 6.80. The Kier molecular flexibility index (Phi) is 9.24. The molecule has 8 heteroatoms. The van der Waals surface area contributed by atoms with Crippen molar-refractivity contribution in [2.75, 3.05) is 6.61 Å². The van der Waals surface area contributed by atoms with Gasteiger partial charge in [-0.15, -0.1) is 0 Å². The fraction of sp³-hybridized carbons (Fsp3) is 0.962. The summed E-state index contributed by atoms with van der Waals surface area (Å²) in [6.45, 7) is 12.8. The van der Waals surface area contributed by atoms with Gasteiger partial charge in [-0.25, -0.2) is 8.78 Å². The zero-order valence-electron chi connectivity index (χ0n) is 22.0. The molecule has 3 rings (SSSR count). The van der Waals surface area contributed by atoms with Gasteiger partial charge in [0.25, 0.3) is 5.92 Å². The van der Waals surface area contributed by atoms with Crippen molar-refractivity contribution in [2.45, 2.75) is 141 Å². The van der Waals surface area contributed by atoms with Crippen LogP contribution in [0.3, 0.4) is 0 Å². The topological polar surface area (TPSA) is 54.0 Å². The van der Waals surface area contributed by atoms with Crippen LogP contribution >= 0.6 is 0 Å². The van der Waals surface area contributed by atoms with Gasteiger partial charge >= 0.3 is 5.97 Å². The van der Waals surface area contributed by atoms with Crippen LogP contribution in [0.4, 0.5) is 8.78 Å². The van der Waals surface area contributed by atoms with Crippen molar-refractivity contribution in [3.63, 3.8) is 0 Å². The number of carbonyl (C=O) groups excluding carboxylic acids is 1. The smallest absolute Gasteiger partial charge is 0.306 e. The Labute approximate surface area is 205 Å². The molecule has 2 heterocycles. The minimum atomic E-state index is -2.85. The molecule has 0 amide bonds. The van der Waals surface area contributed by atoms with Crippen LogP contribution in [0.2, 0.25) is 18.1 Å². The highest BCUT2D eigenvalue weighted by atomic mass is 28.4. The molecule has 34 heavy (non-hydrogen) atoms. The number of alkyl halides is 2. The van der Waals surface area contributed by atoms with E-state index in [9.17, 15) is 4.79 Å². The number of fused-ring (bicyclic) bond motifs is 1. The van der Waals surface area contributed by atoms with Crippen molar-refractivity contribution >= 4 is 14.3 Å². The first-order chi connectivity index (χ1) is 15.8. The van der Waals surface area contributed by atoms with Crippen LogP contribution in [0.25, 0.3) is 0 Å². The molecule has 2 unspecified atom stereocenters. The molecule has 0 spiro atoms. The van der Waals surface area contributed by atoms with Crippen LogP contribution in [-0.2, 0) is 23.4 Å². The Morgan fingerprint density at radius 1 is 1.21 bits per heavy atom. The molecule has 0 radical (unpaired) electrons. The molecule has 0 aromatic rings. The highest BCUT2D eigenvalue weighted by molar-refractivity contribution is 6.74. The molecule has 5 nitrogen and oxygen atoms in total. The van der Waals surface area contributed by atoms with Crippen molar-refractivity contribution in [3.8, 4) is 0 Å². The number of halogens is 2. The molecule has 1 aliphatic carbocycles. The lowest BCUT2D eigenvalue weighted by molar-refractivity contribution is -0.197. The van der Waals surface area contributed by atoms with Gasteiger partial charge in [-0.3, -0.25) is 4.79 Å². The number of rotatable bonds is 11. The van der Waals surface area contributed by atoms with E-state index in [2.05, 4.69) is 20.8 Å². The molecule has 2 aliphatic heterocycles. The van der Waals surface area contributed by atoms with Gasteiger partial charge in [0.15, 0.2) is 14.6 Å². The van der Waals surface area contributed by atoms with Gasteiger partial charge in [-0.05, 0) is 56.2 Å². The molecule has 1 saturated carbocycles. The second-order valence-electron chi connectivity index (χ2n) is 12.1. The maximum Gasteiger partial charge on any atom is 0.306 e. The number of carbonyl (C=O) groups is 1. The first-order valence-corrected chi connectivity index (χ1v) is 16.3. The molecule has 6 atom stereocenters. The largest absolute Gasteiger partial charge is 0.462 e. The third-order valence-electron chi connectivity index (χ3n) is 8.42. The lowest BCUT2D eigenvalue weighted by Crippen LogP contribution is -2.49. The molecular weight excluding hydrogens is 458 g/mol. The van der Waals surface area contributed by atoms with Crippen molar-refractivity contribution in [1.29, 1.82) is 0 Å². The van der Waals surface area contributed by atoms with Gasteiger partial charge in [0.05, 0.1) is 12.5 Å². The Balaban J connectivity index is 1.66. The van der Waals surface area contributed by atoms with E-state index < -0.39 is 20.3 Å². The Morgan fingerprint density at radius 2 is 1.94 bits per heavy atom. The summed E-state index contributed by atoms with van der Waals surface area (Å²) in [6, 6.07) is 0. The van der Waals surface area contributed by atoms with Crippen LogP contribution < -0.4 is 0 Å². The third kappa shape index (κ3) is 6.80. The summed E-state index contributed by atoms with van der Waals surface area (Å²) in [5, 5.41) is -0.132. The van der Waals surface area contributed by atoms with Crippen molar-refractivity contribution in [3.05, 3.63) is 0 Å². The van der Waals surface area contributed by atoms with E-state index in [1.807, 2.05) is 13.1 Å². The van der Waals surface area contributed by atoms with E-state index in [1.165, 1.54) is 0 Å². The summed E-state index contributed by atoms with van der Waals surface area (Å²) < 4.78 is 54.3. The average molecular weight is 505 g/mol. The molecule has 0 aromatic heterocycles. The lowest BCUT2D eigenvalue weighted by atomic mass is 9.87. The molecule has 2 saturated heterocycles. The predicted octanol–water partition coefficient (Wildman–Crippen LogP) is 6.85. The van der Waals surface area contributed by atoms with Crippen molar-refractivity contribution < 1.29 is 32.2 Å². The highest BCUT2D eigenvalue weighted by Crippen LogP contribution is 2.47. The van der Waals surface area contributed by atoms with E-state index in [0.717, 1.165) is 25.7 Å². The first-order valence-electron chi connectivity index (χ1n) is 13.4. The SMILES string of the molecule is CCCC(F)(F)C(CCC[C@@H]1[C@H]2CC(=O)O[C@H]2C[C@H]1OC1CCCCO1)O[Si](C)(C)C(C)(C)C. The van der Waals surface area contributed by atoms with Gasteiger partial charge in [0.1, 0.15) is 12.2 Å². The van der Waals surface area contributed by atoms with Crippen molar-refractivity contribution in [2.24, 2.45) is 11.8 Å². The summed E-state index contributed by atoms with van der Waals surface area (Å²) >= 11 is 0. The van der Waals surface area contributed by atoms with Gasteiger partial charge in [-0.2, -0.15) is 0 Å². The molecule has 198 valence electrons. The van der Waals surface area contributed by atoms with E-state index >= 15 is 8.78 Å². The van der Waals surface area contributed by atoms with Crippen LogP contribution in [-0.4, -0.2) is 51.4 Å². The van der Waals surface area contributed by atoms with Crippen LogP contribution in [0.1, 0.15) is 91.9 Å². The van der Waals surface area contributed by atoms with Gasteiger partial charge < -0.3 is 18.6 Å². The number of hydrogen-bond donors (Lipinski definition) is 0. The van der Waals surface area contributed by atoms with Crippen LogP contribution in [0.5, 0.6) is 0 Å². The number of ether oxygens (including phenoxy) is 3. The number of esters is 1. The van der Waals surface area contributed by atoms with Crippen LogP contribution in [0, 0.1) is 11.8 Å². The van der Waals surface area contributed by atoms with Crippen LogP contribution in [0.15, 0.2) is 0 Å². The average Bonchev–Trinajstić information content (AvgIpc) is 3.23. The minimum Gasteiger partial charge on any atom is -0.462 e. The molecule has 0 aromatic carbocycles. The van der Waals surface area contributed by atoms with E-state index in [0.29, 0.717) is 38.7 Å². The zero-order chi connectivity index (χ0) is 25.1. The zero-order valence-corrected chi connectivity index (χ0v) is 23.0. The second-order valence-corrected chi connectivity index (χ2v) is 16.8. The predicted molar refractivity (Wildman–Crippen MR) is 130 cm³/mol. The highest BCUT2D eigenvalue weighted by Gasteiger charge is 2.51. The summed E-state index contributed by atoms with van der Waals surface area (Å²) in [5.41, 5.74) is 0. The lowest BCUT2D eigenvalue weighted by Gasteiger charge is -2.41. The number of hydrogen-bond acceptors (Lipinski definition) is 5. The Bertz CT molecular complexity index is 675. The second kappa shape index (κ2) is 11.2. The van der Waals surface area contributed by atoms with Gasteiger partial charge in [0, 0.05) is 25.4 Å². The maximum atomic E-state index is 15.2. The summed E-state index contributed by atoms with van der Waals surface area (Å²) in [5.74, 6) is -2.77. The standard InChI is InChI=1S/C26H46F2O5Si/c1-7-14-26(27,28)22(33-34(5,6)25(2,3)4)12-10-11-18-19-16-23(29)31-21(19)17-20(18)32-24-13-8-9-15-30-24/h18-22,24H,7-17H2,1-6H3/t18-,19-,20-,21+,22?,24?/m1/s1. The summed E-state index contributed by atoms with van der Waals surface area (Å²) in [4.78, 5) is 11.9. The fourth-order valence-electron chi connectivity index (χ4n) is 5.45. The van der Waals surface area contributed by atoms with Gasteiger partial charge in [-0.1, -0.05) is 40.5 Å². The Hall–Kier alpha value is -0.573. The maximum absolute atomic E-state index is 15.2. The molecular formula is C26H46F2O5Si. The summed E-state index contributed by atoms with van der Waals surface area (Å²) in [7, 11) is -2.35. The first kappa shape index (κ1) is 28.0. The van der Waals surface area contributed by atoms with E-state index in [-0.39, 0.29) is 47.8 Å². The monoisotopic (exact) mass is 504 g/mol. The quantitative estimate of drug-likeness (QED) is 0.228. The Morgan fingerprint density at radius 3 is 2.56 bits per heavy atom. The van der Waals surface area contributed by atoms with E-state index in [4.69, 9.17) is 18.6 Å². The molecule has 3 aliphatic rings. The molecule has 3 fully saturated rings. The summed E-state index contributed by atoms with van der Waals surface area (Å²) in [6.07, 6.45) is 4.57. The third-order valence-corrected chi connectivity index (χ3v) is 12.9. The normalized spacial score (nSPS) is 31.4. The van der Waals surface area contributed by atoms with E-state index in [1.54, 1.807) is 6.92 Å². The molecule has 0 N–H and O–H groups in total. The van der Waals surface area contributed by atoms with Gasteiger partial charge in [0.2, 0.25) is 0 Å².